The third-order valence-corrected chi connectivity index (χ3v) is 4.87. The van der Waals surface area contributed by atoms with Crippen LogP contribution in [0, 0.1) is 0 Å². The van der Waals surface area contributed by atoms with Crippen LogP contribution in [0.3, 0.4) is 0 Å². The molecule has 0 saturated heterocycles. The van der Waals surface area contributed by atoms with Crippen LogP contribution < -0.4 is 5.32 Å². The minimum atomic E-state index is -1.14. The molecule has 1 unspecified atom stereocenters. The molecule has 5 heteroatoms. The second kappa shape index (κ2) is 7.07. The van der Waals surface area contributed by atoms with Crippen molar-refractivity contribution in [1.82, 2.24) is 5.32 Å². The highest BCUT2D eigenvalue weighted by molar-refractivity contribution is 5.95. The number of hydrogen-bond acceptors (Lipinski definition) is 3. The van der Waals surface area contributed by atoms with Gasteiger partial charge in [-0.05, 0) is 35.2 Å². The van der Waals surface area contributed by atoms with E-state index in [9.17, 15) is 14.7 Å². The van der Waals surface area contributed by atoms with E-state index < -0.39 is 11.4 Å². The van der Waals surface area contributed by atoms with Crippen molar-refractivity contribution in [2.75, 3.05) is 6.54 Å². The minimum absolute atomic E-state index is 0.0370. The second-order valence-electron chi connectivity index (χ2n) is 6.27. The van der Waals surface area contributed by atoms with Gasteiger partial charge in [-0.15, -0.1) is 0 Å². The maximum Gasteiger partial charge on any atom is 0.315 e. The number of ether oxygens (including phenoxy) is 1. The number of rotatable bonds is 6. The highest BCUT2D eigenvalue weighted by Gasteiger charge is 2.39. The van der Waals surface area contributed by atoms with Crippen LogP contribution in [0.1, 0.15) is 40.4 Å². The number of carbonyl (C=O) groups is 2. The van der Waals surface area contributed by atoms with Crippen LogP contribution in [0.25, 0.3) is 0 Å². The van der Waals surface area contributed by atoms with E-state index in [1.807, 2.05) is 37.3 Å². The van der Waals surface area contributed by atoms with Crippen molar-refractivity contribution >= 4 is 11.9 Å². The lowest BCUT2D eigenvalue weighted by Crippen LogP contribution is -2.46. The van der Waals surface area contributed by atoms with Gasteiger partial charge in [-0.3, -0.25) is 9.59 Å². The van der Waals surface area contributed by atoms with Crippen LogP contribution in [-0.2, 0) is 28.2 Å². The molecule has 1 aliphatic heterocycles. The van der Waals surface area contributed by atoms with Crippen molar-refractivity contribution in [3.63, 3.8) is 0 Å². The molecule has 0 radical (unpaired) electrons. The van der Waals surface area contributed by atoms with Crippen molar-refractivity contribution in [1.29, 1.82) is 0 Å². The van der Waals surface area contributed by atoms with Crippen molar-refractivity contribution in [3.05, 3.63) is 70.8 Å². The molecular weight excluding hydrogens is 318 g/mol. The number of amides is 1. The average Bonchev–Trinajstić information content (AvgIpc) is 3.10. The van der Waals surface area contributed by atoms with Crippen LogP contribution in [-0.4, -0.2) is 23.5 Å². The van der Waals surface area contributed by atoms with Crippen LogP contribution in [0.5, 0.6) is 0 Å². The lowest BCUT2D eigenvalue weighted by Gasteiger charge is -2.29. The predicted octanol–water partition coefficient (Wildman–Crippen LogP) is 2.88. The summed E-state index contributed by atoms with van der Waals surface area (Å²) in [6.45, 7) is 2.94. The van der Waals surface area contributed by atoms with Crippen molar-refractivity contribution in [2.45, 2.75) is 32.0 Å². The van der Waals surface area contributed by atoms with Crippen molar-refractivity contribution < 1.29 is 19.4 Å². The van der Waals surface area contributed by atoms with Gasteiger partial charge in [0.25, 0.3) is 5.91 Å². The number of fused-ring (bicyclic) bond motifs is 1. The lowest BCUT2D eigenvalue weighted by atomic mass is 9.78. The van der Waals surface area contributed by atoms with Gasteiger partial charge in [-0.25, -0.2) is 0 Å². The third kappa shape index (κ3) is 3.28. The monoisotopic (exact) mass is 339 g/mol. The van der Waals surface area contributed by atoms with E-state index in [-0.39, 0.29) is 12.5 Å². The molecule has 0 bridgehead atoms. The molecule has 25 heavy (non-hydrogen) atoms. The van der Waals surface area contributed by atoms with E-state index in [1.165, 1.54) is 0 Å². The summed E-state index contributed by atoms with van der Waals surface area (Å²) in [5.74, 6) is -1.21. The summed E-state index contributed by atoms with van der Waals surface area (Å²) in [5, 5.41) is 12.6. The number of carboxylic acid groups (broad SMARTS) is 1. The summed E-state index contributed by atoms with van der Waals surface area (Å²) < 4.78 is 5.36. The molecule has 1 amide bonds. The zero-order valence-electron chi connectivity index (χ0n) is 14.1. The molecule has 1 aliphatic rings. The molecule has 2 aromatic carbocycles. The molecule has 130 valence electrons. The normalized spacial score (nSPS) is 15.2. The molecule has 1 heterocycles. The predicted molar refractivity (Wildman–Crippen MR) is 93.3 cm³/mol. The Labute approximate surface area is 146 Å². The van der Waals surface area contributed by atoms with Crippen LogP contribution in [0.2, 0.25) is 0 Å². The highest BCUT2D eigenvalue weighted by atomic mass is 16.5. The number of carboxylic acids is 1. The molecule has 0 aromatic heterocycles. The molecular formula is C20H21NO4. The van der Waals surface area contributed by atoms with E-state index >= 15 is 0 Å². The zero-order valence-corrected chi connectivity index (χ0v) is 14.1. The molecule has 3 rings (SSSR count). The maximum atomic E-state index is 12.5. The molecule has 0 saturated carbocycles. The Morgan fingerprint density at radius 2 is 1.84 bits per heavy atom. The maximum absolute atomic E-state index is 12.5. The summed E-state index contributed by atoms with van der Waals surface area (Å²) in [5.41, 5.74) is 2.17. The van der Waals surface area contributed by atoms with E-state index in [4.69, 9.17) is 4.74 Å². The first-order chi connectivity index (χ1) is 12.1. The van der Waals surface area contributed by atoms with Gasteiger partial charge >= 0.3 is 5.97 Å². The Balaban J connectivity index is 1.79. The fourth-order valence-electron chi connectivity index (χ4n) is 3.19. The first kappa shape index (κ1) is 17.2. The summed E-state index contributed by atoms with van der Waals surface area (Å²) >= 11 is 0. The minimum Gasteiger partial charge on any atom is -0.481 e. The largest absolute Gasteiger partial charge is 0.481 e. The van der Waals surface area contributed by atoms with Gasteiger partial charge in [0, 0.05) is 12.1 Å². The molecule has 1 atom stereocenters. The number of nitrogens with one attached hydrogen (secondary N) is 1. The first-order valence-corrected chi connectivity index (χ1v) is 8.33. The van der Waals surface area contributed by atoms with Crippen LogP contribution in [0.4, 0.5) is 0 Å². The van der Waals surface area contributed by atoms with E-state index in [0.717, 1.165) is 11.1 Å². The zero-order chi connectivity index (χ0) is 17.9. The molecule has 0 spiro atoms. The third-order valence-electron chi connectivity index (χ3n) is 4.87. The Hall–Kier alpha value is -2.66. The topological polar surface area (TPSA) is 75.6 Å². The Morgan fingerprint density at radius 3 is 2.52 bits per heavy atom. The lowest BCUT2D eigenvalue weighted by molar-refractivity contribution is -0.143. The van der Waals surface area contributed by atoms with Crippen LogP contribution in [0.15, 0.2) is 48.5 Å². The Kier molecular flexibility index (Phi) is 4.86. The number of carbonyl (C=O) groups excluding carboxylic acids is 1. The van der Waals surface area contributed by atoms with Gasteiger partial charge in [0.15, 0.2) is 0 Å². The summed E-state index contributed by atoms with van der Waals surface area (Å²) in [4.78, 5) is 24.5. The Morgan fingerprint density at radius 1 is 1.12 bits per heavy atom. The molecule has 5 nitrogen and oxygen atoms in total. The van der Waals surface area contributed by atoms with Gasteiger partial charge in [0.05, 0.1) is 13.2 Å². The van der Waals surface area contributed by atoms with Gasteiger partial charge in [0.1, 0.15) is 5.41 Å². The van der Waals surface area contributed by atoms with Gasteiger partial charge in [0.2, 0.25) is 0 Å². The number of hydrogen-bond donors (Lipinski definition) is 2. The smallest absolute Gasteiger partial charge is 0.315 e. The SMILES string of the molecule is CCC(CNC(=O)c1ccc2c(c1)COC2)(C(=O)O)c1ccccc1. The van der Waals surface area contributed by atoms with Gasteiger partial charge in [-0.2, -0.15) is 0 Å². The summed E-state index contributed by atoms with van der Waals surface area (Å²) in [6.07, 6.45) is 0.380. The molecule has 2 aromatic rings. The van der Waals surface area contributed by atoms with Gasteiger partial charge in [-0.1, -0.05) is 43.3 Å². The van der Waals surface area contributed by atoms with Gasteiger partial charge < -0.3 is 15.2 Å². The highest BCUT2D eigenvalue weighted by Crippen LogP contribution is 2.28. The molecule has 0 aliphatic carbocycles. The molecule has 2 N–H and O–H groups in total. The summed E-state index contributed by atoms with van der Waals surface area (Å²) in [7, 11) is 0. The first-order valence-electron chi connectivity index (χ1n) is 8.33. The summed E-state index contributed by atoms with van der Waals surface area (Å²) in [6, 6.07) is 14.5. The number of benzene rings is 2. The van der Waals surface area contributed by atoms with E-state index in [1.54, 1.807) is 18.2 Å². The fraction of sp³-hybridized carbons (Fsp3) is 0.300. The quantitative estimate of drug-likeness (QED) is 0.848. The van der Waals surface area contributed by atoms with Crippen molar-refractivity contribution in [3.8, 4) is 0 Å². The Bertz CT molecular complexity index is 788. The fourth-order valence-corrected chi connectivity index (χ4v) is 3.19. The average molecular weight is 339 g/mol. The second-order valence-corrected chi connectivity index (χ2v) is 6.27. The number of aliphatic carboxylic acids is 1. The van der Waals surface area contributed by atoms with E-state index in [2.05, 4.69) is 5.32 Å². The van der Waals surface area contributed by atoms with Crippen molar-refractivity contribution in [2.24, 2.45) is 0 Å². The van der Waals surface area contributed by atoms with E-state index in [0.29, 0.717) is 30.8 Å². The van der Waals surface area contributed by atoms with Crippen LogP contribution >= 0.6 is 0 Å². The molecule has 0 fully saturated rings. The standard InChI is InChI=1S/C20H21NO4/c1-2-20(19(23)24,17-6-4-3-5-7-17)13-21-18(22)14-8-9-15-11-25-12-16(15)10-14/h3-10H,2,11-13H2,1H3,(H,21,22)(H,23,24).